The zero-order chi connectivity index (χ0) is 8.39. The van der Waals surface area contributed by atoms with Crippen LogP contribution in [0.25, 0.3) is 5.88 Å². The van der Waals surface area contributed by atoms with E-state index in [2.05, 4.69) is 10.1 Å². The van der Waals surface area contributed by atoms with Crippen LogP contribution in [-0.2, 0) is 6.54 Å². The molecule has 0 aromatic carbocycles. The van der Waals surface area contributed by atoms with Gasteiger partial charge in [-0.25, -0.2) is 4.98 Å². The Kier molecular flexibility index (Phi) is 1.64. The number of aromatic nitrogens is 3. The molecule has 2 rings (SSSR count). The highest BCUT2D eigenvalue weighted by molar-refractivity contribution is 5.18. The first-order valence-corrected chi connectivity index (χ1v) is 3.54. The van der Waals surface area contributed by atoms with E-state index in [0.717, 1.165) is 5.76 Å². The average Bonchev–Trinajstić information content (AvgIpc) is 2.75. The van der Waals surface area contributed by atoms with Crippen LogP contribution in [0.3, 0.4) is 0 Å². The van der Waals surface area contributed by atoms with Crippen molar-refractivity contribution in [3.05, 3.63) is 30.5 Å². The van der Waals surface area contributed by atoms with Gasteiger partial charge in [0.05, 0.1) is 6.54 Å². The molecule has 62 valence electrons. The Morgan fingerprint density at radius 2 is 2.42 bits per heavy atom. The molecule has 5 nitrogen and oxygen atoms in total. The maximum absolute atomic E-state index is 5.38. The predicted molar refractivity (Wildman–Crippen MR) is 41.5 cm³/mol. The van der Waals surface area contributed by atoms with Crippen LogP contribution in [0, 0.1) is 0 Å². The molecule has 0 aliphatic carbocycles. The quantitative estimate of drug-likeness (QED) is 0.693. The molecule has 0 aliphatic rings. The minimum atomic E-state index is 0.398. The molecule has 0 fully saturated rings. The second-order valence-corrected chi connectivity index (χ2v) is 2.28. The van der Waals surface area contributed by atoms with Crippen LogP contribution in [0.2, 0.25) is 0 Å². The van der Waals surface area contributed by atoms with Gasteiger partial charge < -0.3 is 10.2 Å². The molecule has 2 N–H and O–H groups in total. The zero-order valence-electron chi connectivity index (χ0n) is 6.34. The minimum Gasteiger partial charge on any atom is -0.442 e. The molecule has 0 aliphatic heterocycles. The minimum absolute atomic E-state index is 0.398. The van der Waals surface area contributed by atoms with Gasteiger partial charge in [-0.3, -0.25) is 0 Å². The van der Waals surface area contributed by atoms with E-state index < -0.39 is 0 Å². The molecule has 5 heteroatoms. The molecule has 2 aromatic rings. The molecule has 0 saturated carbocycles. The lowest BCUT2D eigenvalue weighted by atomic mass is 10.5. The van der Waals surface area contributed by atoms with E-state index in [0.29, 0.717) is 12.4 Å². The van der Waals surface area contributed by atoms with Gasteiger partial charge >= 0.3 is 0 Å². The van der Waals surface area contributed by atoms with E-state index in [-0.39, 0.29) is 0 Å². The fourth-order valence-corrected chi connectivity index (χ4v) is 0.921. The Balaban J connectivity index is 2.35. The first kappa shape index (κ1) is 7.05. The molecule has 0 spiro atoms. The Bertz CT molecular complexity index is 351. The van der Waals surface area contributed by atoms with Crippen LogP contribution < -0.4 is 5.73 Å². The van der Waals surface area contributed by atoms with Crippen LogP contribution in [0.1, 0.15) is 5.76 Å². The smallest absolute Gasteiger partial charge is 0.221 e. The van der Waals surface area contributed by atoms with Crippen molar-refractivity contribution in [3.8, 4) is 5.88 Å². The highest BCUT2D eigenvalue weighted by atomic mass is 16.4. The second kappa shape index (κ2) is 2.78. The number of hydrogen-bond donors (Lipinski definition) is 1. The van der Waals surface area contributed by atoms with Gasteiger partial charge in [-0.1, -0.05) is 0 Å². The topological polar surface area (TPSA) is 69.9 Å². The van der Waals surface area contributed by atoms with Gasteiger partial charge in [0, 0.05) is 6.07 Å². The van der Waals surface area contributed by atoms with Crippen molar-refractivity contribution in [1.29, 1.82) is 0 Å². The van der Waals surface area contributed by atoms with Crippen LogP contribution >= 0.6 is 0 Å². The maximum atomic E-state index is 5.38. The standard InChI is InChI=1S/C7H8N4O/c8-3-6-1-2-7(12-6)11-5-9-4-10-11/h1-2,4-5H,3,8H2. The summed E-state index contributed by atoms with van der Waals surface area (Å²) in [6, 6.07) is 3.62. The third kappa shape index (κ3) is 1.10. The molecule has 0 saturated heterocycles. The van der Waals surface area contributed by atoms with E-state index in [4.69, 9.17) is 10.2 Å². The molecule has 2 aromatic heterocycles. The Hall–Kier alpha value is -1.62. The largest absolute Gasteiger partial charge is 0.442 e. The lowest BCUT2D eigenvalue weighted by Gasteiger charge is -1.92. The lowest BCUT2D eigenvalue weighted by Crippen LogP contribution is -1.94. The van der Waals surface area contributed by atoms with Gasteiger partial charge in [-0.2, -0.15) is 9.78 Å². The van der Waals surface area contributed by atoms with Gasteiger partial charge in [0.25, 0.3) is 0 Å². The summed E-state index contributed by atoms with van der Waals surface area (Å²) < 4.78 is 6.85. The SMILES string of the molecule is NCc1ccc(-n2cncn2)o1. The summed E-state index contributed by atoms with van der Waals surface area (Å²) in [5.41, 5.74) is 5.38. The number of nitrogens with zero attached hydrogens (tertiary/aromatic N) is 3. The van der Waals surface area contributed by atoms with E-state index in [9.17, 15) is 0 Å². The van der Waals surface area contributed by atoms with Crippen LogP contribution in [0.4, 0.5) is 0 Å². The average molecular weight is 164 g/mol. The summed E-state index contributed by atoms with van der Waals surface area (Å²) in [4.78, 5) is 3.79. The summed E-state index contributed by atoms with van der Waals surface area (Å²) >= 11 is 0. The van der Waals surface area contributed by atoms with Gasteiger partial charge in [-0.05, 0) is 6.07 Å². The van der Waals surface area contributed by atoms with E-state index in [1.807, 2.05) is 6.07 Å². The van der Waals surface area contributed by atoms with Crippen molar-refractivity contribution in [2.45, 2.75) is 6.54 Å². The van der Waals surface area contributed by atoms with E-state index in [1.165, 1.54) is 6.33 Å². The summed E-state index contributed by atoms with van der Waals surface area (Å²) in [6.07, 6.45) is 3.02. The van der Waals surface area contributed by atoms with Crippen molar-refractivity contribution < 1.29 is 4.42 Å². The number of furan rings is 1. The second-order valence-electron chi connectivity index (χ2n) is 2.28. The van der Waals surface area contributed by atoms with Gasteiger partial charge in [0.1, 0.15) is 18.4 Å². The number of nitrogens with two attached hydrogens (primary N) is 1. The number of hydrogen-bond acceptors (Lipinski definition) is 4. The van der Waals surface area contributed by atoms with Gasteiger partial charge in [-0.15, -0.1) is 0 Å². The van der Waals surface area contributed by atoms with Gasteiger partial charge in [0.2, 0.25) is 5.88 Å². The summed E-state index contributed by atoms with van der Waals surface area (Å²) in [7, 11) is 0. The van der Waals surface area contributed by atoms with Crippen LogP contribution in [0.15, 0.2) is 29.2 Å². The zero-order valence-corrected chi connectivity index (χ0v) is 6.34. The Morgan fingerprint density at radius 3 is 3.00 bits per heavy atom. The molecule has 0 bridgehead atoms. The fraction of sp³-hybridized carbons (Fsp3) is 0.143. The molecule has 12 heavy (non-hydrogen) atoms. The molecule has 2 heterocycles. The van der Waals surface area contributed by atoms with Crippen molar-refractivity contribution in [2.24, 2.45) is 5.73 Å². The molecular formula is C7H8N4O. The summed E-state index contributed by atoms with van der Waals surface area (Å²) in [5, 5.41) is 3.91. The van der Waals surface area contributed by atoms with Crippen LogP contribution in [-0.4, -0.2) is 14.8 Å². The summed E-state index contributed by atoms with van der Waals surface area (Å²) in [6.45, 7) is 0.398. The fourth-order valence-electron chi connectivity index (χ4n) is 0.921. The lowest BCUT2D eigenvalue weighted by molar-refractivity contribution is 0.479. The molecular weight excluding hydrogens is 156 g/mol. The first-order valence-electron chi connectivity index (χ1n) is 3.54. The Morgan fingerprint density at radius 1 is 1.50 bits per heavy atom. The highest BCUT2D eigenvalue weighted by Gasteiger charge is 2.01. The van der Waals surface area contributed by atoms with Crippen LogP contribution in [0.5, 0.6) is 0 Å². The summed E-state index contributed by atoms with van der Waals surface area (Å²) in [5.74, 6) is 1.37. The van der Waals surface area contributed by atoms with Crippen molar-refractivity contribution >= 4 is 0 Å². The normalized spacial score (nSPS) is 10.4. The maximum Gasteiger partial charge on any atom is 0.221 e. The van der Waals surface area contributed by atoms with Gasteiger partial charge in [0.15, 0.2) is 0 Å². The van der Waals surface area contributed by atoms with Crippen molar-refractivity contribution in [3.63, 3.8) is 0 Å². The first-order chi connectivity index (χ1) is 5.90. The third-order valence-electron chi connectivity index (χ3n) is 1.49. The molecule has 0 atom stereocenters. The molecule has 0 unspecified atom stereocenters. The third-order valence-corrected chi connectivity index (χ3v) is 1.49. The van der Waals surface area contributed by atoms with Crippen molar-refractivity contribution in [2.75, 3.05) is 0 Å². The molecule has 0 radical (unpaired) electrons. The van der Waals surface area contributed by atoms with E-state index >= 15 is 0 Å². The Labute approximate surface area is 68.8 Å². The number of rotatable bonds is 2. The highest BCUT2D eigenvalue weighted by Crippen LogP contribution is 2.09. The monoisotopic (exact) mass is 164 g/mol. The van der Waals surface area contributed by atoms with Crippen molar-refractivity contribution in [1.82, 2.24) is 14.8 Å². The van der Waals surface area contributed by atoms with E-state index in [1.54, 1.807) is 17.1 Å². The predicted octanol–water partition coefficient (Wildman–Crippen LogP) is 0.319. The molecule has 0 amide bonds.